The van der Waals surface area contributed by atoms with Crippen molar-refractivity contribution in [3.05, 3.63) is 35.4 Å². The fraction of sp³-hybridized carbons (Fsp3) is 0.429. The van der Waals surface area contributed by atoms with Crippen LogP contribution in [-0.4, -0.2) is 59.9 Å². The van der Waals surface area contributed by atoms with Crippen LogP contribution in [0.5, 0.6) is 11.5 Å². The van der Waals surface area contributed by atoms with Crippen LogP contribution in [0.25, 0.3) is 0 Å². The number of ether oxygens (including phenoxy) is 4. The monoisotopic (exact) mass is 438 g/mol. The van der Waals surface area contributed by atoms with E-state index in [0.717, 1.165) is 46.4 Å². The summed E-state index contributed by atoms with van der Waals surface area (Å²) in [5, 5.41) is 0.572. The quantitative estimate of drug-likeness (QED) is 0.491. The second kappa shape index (κ2) is 10.4. The smallest absolute Gasteiger partial charge is 0.188 e. The molecule has 2 aromatic rings. The van der Waals surface area contributed by atoms with Crippen LogP contribution in [-0.2, 0) is 9.47 Å². The molecule has 0 unspecified atom stereocenters. The Morgan fingerprint density at radius 3 is 2.41 bits per heavy atom. The van der Waals surface area contributed by atoms with E-state index in [-0.39, 0.29) is 13.6 Å². The molecule has 0 N–H and O–H groups in total. The minimum atomic E-state index is 0.154. The molecule has 0 saturated carbocycles. The molecule has 0 spiro atoms. The molecule has 1 heterocycles. The lowest BCUT2D eigenvalue weighted by atomic mass is 10.2. The first kappa shape index (κ1) is 22.1. The largest absolute Gasteiger partial charge is 0.468 e. The summed E-state index contributed by atoms with van der Waals surface area (Å²) in [6.45, 7) is 2.26. The average molecular weight is 439 g/mol. The van der Waals surface area contributed by atoms with Gasteiger partial charge < -0.3 is 28.7 Å². The van der Waals surface area contributed by atoms with Crippen LogP contribution in [0, 0.1) is 0 Å². The van der Waals surface area contributed by atoms with Crippen LogP contribution < -0.4 is 14.4 Å². The van der Waals surface area contributed by atoms with Gasteiger partial charge in [0, 0.05) is 30.6 Å². The standard InChI is InChI=1S/C21H27ClN2O4S/c1-23(2)8-5-9-24-17-7-6-15(27-13-25-3)10-20(17)29-21-12-19(28-14-26-4)16(22)11-18(21)24/h6-7,10-12H,5,8-9,13-14H2,1-4H3. The Morgan fingerprint density at radius 2 is 1.69 bits per heavy atom. The summed E-state index contributed by atoms with van der Waals surface area (Å²) in [5.41, 5.74) is 2.23. The Kier molecular flexibility index (Phi) is 7.91. The van der Waals surface area contributed by atoms with Gasteiger partial charge in [-0.25, -0.2) is 0 Å². The highest BCUT2D eigenvalue weighted by atomic mass is 35.5. The third-order valence-corrected chi connectivity index (χ3v) is 5.80. The van der Waals surface area contributed by atoms with Crippen molar-refractivity contribution in [2.24, 2.45) is 0 Å². The number of anilines is 2. The van der Waals surface area contributed by atoms with Crippen molar-refractivity contribution in [3.63, 3.8) is 0 Å². The van der Waals surface area contributed by atoms with Crippen molar-refractivity contribution in [1.29, 1.82) is 0 Å². The van der Waals surface area contributed by atoms with Gasteiger partial charge in [0.05, 0.1) is 16.4 Å². The van der Waals surface area contributed by atoms with Crippen molar-refractivity contribution >= 4 is 34.7 Å². The molecular weight excluding hydrogens is 412 g/mol. The normalized spacial score (nSPS) is 12.7. The van der Waals surface area contributed by atoms with E-state index >= 15 is 0 Å². The Morgan fingerprint density at radius 1 is 0.966 bits per heavy atom. The van der Waals surface area contributed by atoms with E-state index in [1.54, 1.807) is 26.0 Å². The van der Waals surface area contributed by atoms with Crippen LogP contribution >= 0.6 is 23.4 Å². The summed E-state index contributed by atoms with van der Waals surface area (Å²) in [6, 6.07) is 10.1. The van der Waals surface area contributed by atoms with E-state index in [2.05, 4.69) is 30.0 Å². The second-order valence-electron chi connectivity index (χ2n) is 6.89. The zero-order valence-electron chi connectivity index (χ0n) is 17.2. The van der Waals surface area contributed by atoms with Gasteiger partial charge >= 0.3 is 0 Å². The van der Waals surface area contributed by atoms with Gasteiger partial charge in [-0.2, -0.15) is 0 Å². The van der Waals surface area contributed by atoms with Gasteiger partial charge in [-0.05, 0) is 57.4 Å². The third kappa shape index (κ3) is 5.49. The van der Waals surface area contributed by atoms with Gasteiger partial charge in [-0.3, -0.25) is 0 Å². The maximum Gasteiger partial charge on any atom is 0.188 e. The van der Waals surface area contributed by atoms with Gasteiger partial charge in [0.2, 0.25) is 0 Å². The first-order valence-electron chi connectivity index (χ1n) is 9.34. The maximum atomic E-state index is 6.50. The van der Waals surface area contributed by atoms with Crippen LogP contribution in [0.4, 0.5) is 11.4 Å². The lowest BCUT2D eigenvalue weighted by Gasteiger charge is -2.34. The highest BCUT2D eigenvalue weighted by Crippen LogP contribution is 2.51. The minimum absolute atomic E-state index is 0.154. The summed E-state index contributed by atoms with van der Waals surface area (Å²) in [7, 11) is 7.37. The molecular formula is C21H27ClN2O4S. The van der Waals surface area contributed by atoms with E-state index in [0.29, 0.717) is 10.8 Å². The van der Waals surface area contributed by atoms with E-state index in [9.17, 15) is 0 Å². The van der Waals surface area contributed by atoms with Crippen LogP contribution in [0.1, 0.15) is 6.42 Å². The molecule has 6 nitrogen and oxygen atoms in total. The molecule has 0 fully saturated rings. The molecule has 0 aromatic heterocycles. The summed E-state index contributed by atoms with van der Waals surface area (Å²) in [5.74, 6) is 1.39. The van der Waals surface area contributed by atoms with E-state index in [1.807, 2.05) is 24.3 Å². The number of hydrogen-bond donors (Lipinski definition) is 0. The zero-order valence-corrected chi connectivity index (χ0v) is 18.8. The highest BCUT2D eigenvalue weighted by Gasteiger charge is 2.25. The van der Waals surface area contributed by atoms with Crippen molar-refractivity contribution in [2.75, 3.05) is 59.9 Å². The lowest BCUT2D eigenvalue weighted by Crippen LogP contribution is -2.25. The van der Waals surface area contributed by atoms with Crippen molar-refractivity contribution < 1.29 is 18.9 Å². The van der Waals surface area contributed by atoms with Crippen molar-refractivity contribution in [2.45, 2.75) is 16.2 Å². The minimum Gasteiger partial charge on any atom is -0.468 e. The number of fused-ring (bicyclic) bond motifs is 2. The van der Waals surface area contributed by atoms with E-state index in [4.69, 9.17) is 30.5 Å². The van der Waals surface area contributed by atoms with E-state index < -0.39 is 0 Å². The molecule has 29 heavy (non-hydrogen) atoms. The molecule has 0 radical (unpaired) electrons. The zero-order chi connectivity index (χ0) is 20.8. The molecule has 1 aliphatic rings. The summed E-state index contributed by atoms with van der Waals surface area (Å²) >= 11 is 8.18. The van der Waals surface area contributed by atoms with Gasteiger partial charge in [-0.1, -0.05) is 23.4 Å². The van der Waals surface area contributed by atoms with Gasteiger partial charge in [0.1, 0.15) is 11.5 Å². The molecule has 8 heteroatoms. The maximum absolute atomic E-state index is 6.50. The number of benzene rings is 2. The van der Waals surface area contributed by atoms with Gasteiger partial charge in [-0.15, -0.1) is 0 Å². The number of nitrogens with zero attached hydrogens (tertiary/aromatic N) is 2. The fourth-order valence-electron chi connectivity index (χ4n) is 3.10. The number of methoxy groups -OCH3 is 2. The predicted octanol–water partition coefficient (Wildman–Crippen LogP) is 4.86. The van der Waals surface area contributed by atoms with Crippen LogP contribution in [0.15, 0.2) is 40.1 Å². The summed E-state index contributed by atoms with van der Waals surface area (Å²) in [6.07, 6.45) is 1.03. The fourth-order valence-corrected chi connectivity index (χ4v) is 4.45. The molecule has 0 atom stereocenters. The molecule has 2 aromatic carbocycles. The van der Waals surface area contributed by atoms with Gasteiger partial charge in [0.15, 0.2) is 13.6 Å². The highest BCUT2D eigenvalue weighted by molar-refractivity contribution is 7.99. The first-order chi connectivity index (χ1) is 14.0. The Balaban J connectivity index is 1.95. The lowest BCUT2D eigenvalue weighted by molar-refractivity contribution is 0.0509. The Labute approximate surface area is 181 Å². The van der Waals surface area contributed by atoms with Gasteiger partial charge in [0.25, 0.3) is 0 Å². The second-order valence-corrected chi connectivity index (χ2v) is 8.38. The Hall–Kier alpha value is -1.64. The number of hydrogen-bond acceptors (Lipinski definition) is 7. The first-order valence-corrected chi connectivity index (χ1v) is 10.5. The molecule has 0 aliphatic carbocycles. The third-order valence-electron chi connectivity index (χ3n) is 4.41. The SMILES string of the molecule is COCOc1ccc2c(c1)Sc1cc(OCOC)c(Cl)cc1N2CCCN(C)C. The molecule has 3 rings (SSSR count). The average Bonchev–Trinajstić information content (AvgIpc) is 2.70. The van der Waals surface area contributed by atoms with E-state index in [1.165, 1.54) is 0 Å². The summed E-state index contributed by atoms with van der Waals surface area (Å²) < 4.78 is 21.3. The number of rotatable bonds is 10. The van der Waals surface area contributed by atoms with Crippen molar-refractivity contribution in [1.82, 2.24) is 4.90 Å². The predicted molar refractivity (Wildman–Crippen MR) is 117 cm³/mol. The van der Waals surface area contributed by atoms with Crippen LogP contribution in [0.2, 0.25) is 5.02 Å². The summed E-state index contributed by atoms with van der Waals surface area (Å²) in [4.78, 5) is 6.71. The molecule has 0 saturated heterocycles. The number of halogens is 1. The molecule has 1 aliphatic heterocycles. The molecule has 0 amide bonds. The van der Waals surface area contributed by atoms with Crippen LogP contribution in [0.3, 0.4) is 0 Å². The molecule has 0 bridgehead atoms. The molecule has 158 valence electrons. The topological polar surface area (TPSA) is 43.4 Å². The van der Waals surface area contributed by atoms with Crippen molar-refractivity contribution in [3.8, 4) is 11.5 Å². The Bertz CT molecular complexity index is 835.